The Hall–Kier alpha value is -1.58. The van der Waals surface area contributed by atoms with E-state index in [0.717, 1.165) is 0 Å². The summed E-state index contributed by atoms with van der Waals surface area (Å²) in [4.78, 5) is 12.9. The lowest BCUT2D eigenvalue weighted by molar-refractivity contribution is 0.0692. The van der Waals surface area contributed by atoms with Gasteiger partial charge in [0.2, 0.25) is 0 Å². The number of nitrogens with zero attached hydrogens (tertiary/aromatic N) is 1. The number of aromatic carboxylic acids is 1. The van der Waals surface area contributed by atoms with Gasteiger partial charge in [-0.1, -0.05) is 6.07 Å². The molecule has 4 heteroatoms. The minimum absolute atomic E-state index is 0.130. The van der Waals surface area contributed by atoms with E-state index in [0.29, 0.717) is 12.2 Å². The monoisotopic (exact) mass is 225 g/mol. The van der Waals surface area contributed by atoms with Crippen molar-refractivity contribution in [3.8, 4) is 0 Å². The molecule has 16 heavy (non-hydrogen) atoms. The lowest BCUT2D eigenvalue weighted by Crippen LogP contribution is -2.32. The predicted octanol–water partition coefficient (Wildman–Crippen LogP) is 2.76. The number of hydrogen-bond acceptors (Lipinski definition) is 2. The highest BCUT2D eigenvalue weighted by atomic mass is 19.1. The van der Waals surface area contributed by atoms with E-state index >= 15 is 0 Å². The summed E-state index contributed by atoms with van der Waals surface area (Å²) in [5.41, 5.74) is 0.183. The van der Waals surface area contributed by atoms with Gasteiger partial charge in [-0.2, -0.15) is 0 Å². The summed E-state index contributed by atoms with van der Waals surface area (Å²) in [6.07, 6.45) is 0. The first kappa shape index (κ1) is 12.5. The summed E-state index contributed by atoms with van der Waals surface area (Å²) in [6, 6.07) is 4.46. The molecule has 0 amide bonds. The summed E-state index contributed by atoms with van der Waals surface area (Å²) >= 11 is 0. The fraction of sp³-hybridized carbons (Fsp3) is 0.417. The maximum absolute atomic E-state index is 13.5. The zero-order chi connectivity index (χ0) is 12.3. The van der Waals surface area contributed by atoms with E-state index < -0.39 is 11.8 Å². The average molecular weight is 225 g/mol. The highest BCUT2D eigenvalue weighted by Gasteiger charge is 2.20. The summed E-state index contributed by atoms with van der Waals surface area (Å²) < 4.78 is 13.5. The van der Waals surface area contributed by atoms with Crippen LogP contribution in [0.5, 0.6) is 0 Å². The van der Waals surface area contributed by atoms with Crippen molar-refractivity contribution in [2.45, 2.75) is 26.8 Å². The van der Waals surface area contributed by atoms with Crippen molar-refractivity contribution in [3.05, 3.63) is 29.6 Å². The molecular formula is C12H16FNO2. The van der Waals surface area contributed by atoms with Crippen LogP contribution in [0.3, 0.4) is 0 Å². The molecule has 1 aromatic rings. The average Bonchev–Trinajstić information content (AvgIpc) is 2.17. The second-order valence-corrected chi connectivity index (χ2v) is 3.82. The van der Waals surface area contributed by atoms with Gasteiger partial charge < -0.3 is 10.0 Å². The molecule has 0 aliphatic rings. The third-order valence-electron chi connectivity index (χ3n) is 2.48. The van der Waals surface area contributed by atoms with Crippen molar-refractivity contribution >= 4 is 11.7 Å². The molecule has 0 heterocycles. The van der Waals surface area contributed by atoms with Gasteiger partial charge in [0.05, 0.1) is 5.69 Å². The van der Waals surface area contributed by atoms with Crippen LogP contribution >= 0.6 is 0 Å². The molecular weight excluding hydrogens is 209 g/mol. The number of carboxylic acids is 1. The SMILES string of the molecule is CCN(c1cccc(F)c1C(=O)O)C(C)C. The van der Waals surface area contributed by atoms with Crippen LogP contribution in [0.25, 0.3) is 0 Å². The van der Waals surface area contributed by atoms with Crippen LogP contribution in [-0.4, -0.2) is 23.7 Å². The molecule has 0 saturated heterocycles. The molecule has 0 aliphatic carbocycles. The number of anilines is 1. The lowest BCUT2D eigenvalue weighted by atomic mass is 10.1. The van der Waals surface area contributed by atoms with E-state index in [1.54, 1.807) is 6.07 Å². The molecule has 0 aliphatic heterocycles. The molecule has 0 bridgehead atoms. The van der Waals surface area contributed by atoms with Gasteiger partial charge in [-0.05, 0) is 32.9 Å². The quantitative estimate of drug-likeness (QED) is 0.856. The fourth-order valence-corrected chi connectivity index (χ4v) is 1.78. The number of carboxylic acid groups (broad SMARTS) is 1. The first-order valence-electron chi connectivity index (χ1n) is 5.27. The lowest BCUT2D eigenvalue weighted by Gasteiger charge is -2.28. The molecule has 1 N–H and O–H groups in total. The summed E-state index contributed by atoms with van der Waals surface area (Å²) in [7, 11) is 0. The highest BCUT2D eigenvalue weighted by Crippen LogP contribution is 2.24. The maximum Gasteiger partial charge on any atom is 0.340 e. The van der Waals surface area contributed by atoms with E-state index in [2.05, 4.69) is 0 Å². The topological polar surface area (TPSA) is 40.5 Å². The molecule has 3 nitrogen and oxygen atoms in total. The van der Waals surface area contributed by atoms with Gasteiger partial charge in [-0.25, -0.2) is 9.18 Å². The minimum Gasteiger partial charge on any atom is -0.478 e. The number of halogens is 1. The molecule has 0 unspecified atom stereocenters. The number of carbonyl (C=O) groups is 1. The Balaban J connectivity index is 3.31. The van der Waals surface area contributed by atoms with E-state index in [9.17, 15) is 9.18 Å². The zero-order valence-corrected chi connectivity index (χ0v) is 9.70. The van der Waals surface area contributed by atoms with Crippen molar-refractivity contribution in [1.29, 1.82) is 0 Å². The van der Waals surface area contributed by atoms with Crippen molar-refractivity contribution in [2.75, 3.05) is 11.4 Å². The highest BCUT2D eigenvalue weighted by molar-refractivity contribution is 5.94. The predicted molar refractivity (Wildman–Crippen MR) is 61.5 cm³/mol. The molecule has 0 atom stereocenters. The Bertz CT molecular complexity index is 391. The number of benzene rings is 1. The maximum atomic E-state index is 13.5. The van der Waals surface area contributed by atoms with Gasteiger partial charge in [0, 0.05) is 12.6 Å². The Kier molecular flexibility index (Phi) is 3.88. The summed E-state index contributed by atoms with van der Waals surface area (Å²) in [5.74, 6) is -1.92. The van der Waals surface area contributed by atoms with Crippen molar-refractivity contribution in [2.24, 2.45) is 0 Å². The van der Waals surface area contributed by atoms with E-state index in [1.807, 2.05) is 25.7 Å². The Morgan fingerprint density at radius 2 is 2.12 bits per heavy atom. The zero-order valence-electron chi connectivity index (χ0n) is 9.70. The van der Waals surface area contributed by atoms with Crippen LogP contribution in [0.4, 0.5) is 10.1 Å². The van der Waals surface area contributed by atoms with Gasteiger partial charge in [-0.15, -0.1) is 0 Å². The van der Waals surface area contributed by atoms with Gasteiger partial charge in [0.15, 0.2) is 0 Å². The standard InChI is InChI=1S/C12H16FNO2/c1-4-14(8(2)3)10-7-5-6-9(13)11(10)12(15)16/h5-8H,4H2,1-3H3,(H,15,16). The van der Waals surface area contributed by atoms with E-state index in [-0.39, 0.29) is 11.6 Å². The van der Waals surface area contributed by atoms with Crippen LogP contribution in [-0.2, 0) is 0 Å². The third kappa shape index (κ3) is 2.32. The van der Waals surface area contributed by atoms with Gasteiger partial charge >= 0.3 is 5.97 Å². The van der Waals surface area contributed by atoms with Crippen molar-refractivity contribution < 1.29 is 14.3 Å². The molecule has 1 rings (SSSR count). The van der Waals surface area contributed by atoms with Crippen LogP contribution in [0.1, 0.15) is 31.1 Å². The van der Waals surface area contributed by atoms with Crippen molar-refractivity contribution in [3.63, 3.8) is 0 Å². The Morgan fingerprint density at radius 3 is 2.56 bits per heavy atom. The molecule has 0 spiro atoms. The molecule has 0 aromatic heterocycles. The first-order valence-corrected chi connectivity index (χ1v) is 5.27. The molecule has 0 fully saturated rings. The fourth-order valence-electron chi connectivity index (χ4n) is 1.78. The molecule has 88 valence electrons. The molecule has 0 radical (unpaired) electrons. The first-order chi connectivity index (χ1) is 7.49. The van der Waals surface area contributed by atoms with Crippen LogP contribution in [0.2, 0.25) is 0 Å². The Labute approximate surface area is 94.5 Å². The Morgan fingerprint density at radius 1 is 1.50 bits per heavy atom. The smallest absolute Gasteiger partial charge is 0.340 e. The van der Waals surface area contributed by atoms with Gasteiger partial charge in [0.25, 0.3) is 0 Å². The van der Waals surface area contributed by atoms with E-state index in [1.165, 1.54) is 12.1 Å². The number of hydrogen-bond donors (Lipinski definition) is 1. The van der Waals surface area contributed by atoms with Crippen LogP contribution < -0.4 is 4.90 Å². The summed E-state index contributed by atoms with van der Waals surface area (Å²) in [6.45, 7) is 6.44. The second-order valence-electron chi connectivity index (χ2n) is 3.82. The van der Waals surface area contributed by atoms with Gasteiger partial charge in [0.1, 0.15) is 11.4 Å². The molecule has 1 aromatic carbocycles. The second kappa shape index (κ2) is 4.96. The largest absolute Gasteiger partial charge is 0.478 e. The normalized spacial score (nSPS) is 10.6. The van der Waals surface area contributed by atoms with Crippen LogP contribution in [0.15, 0.2) is 18.2 Å². The van der Waals surface area contributed by atoms with E-state index in [4.69, 9.17) is 5.11 Å². The third-order valence-corrected chi connectivity index (χ3v) is 2.48. The minimum atomic E-state index is -1.23. The summed E-state index contributed by atoms with van der Waals surface area (Å²) in [5, 5.41) is 9.01. The van der Waals surface area contributed by atoms with Crippen molar-refractivity contribution in [1.82, 2.24) is 0 Å². The van der Waals surface area contributed by atoms with Gasteiger partial charge in [-0.3, -0.25) is 0 Å². The number of rotatable bonds is 4. The van der Waals surface area contributed by atoms with Crippen LogP contribution in [0, 0.1) is 5.82 Å². The molecule has 0 saturated carbocycles.